The molecule has 4 unspecified atom stereocenters. The molecular formula is C26H36N6O6. The van der Waals surface area contributed by atoms with Gasteiger partial charge in [-0.05, 0) is 42.9 Å². The maximum absolute atomic E-state index is 13.4. The second-order valence-corrected chi connectivity index (χ2v) is 10.0. The zero-order valence-corrected chi connectivity index (χ0v) is 21.6. The number of imidazole rings is 1. The van der Waals surface area contributed by atoms with E-state index in [9.17, 15) is 29.4 Å². The van der Waals surface area contributed by atoms with Crippen LogP contribution in [0.2, 0.25) is 0 Å². The average molecular weight is 529 g/mol. The number of carbonyl (C=O) groups excluding carboxylic acids is 3. The lowest BCUT2D eigenvalue weighted by molar-refractivity contribution is -0.143. The normalized spacial score (nSPS) is 17.6. The number of carboxylic acid groups (broad SMARTS) is 1. The number of carbonyl (C=O) groups is 4. The SMILES string of the molecule is CC(C)CC(NC(=O)C(Cc1ccc(O)cc1)NC(=O)C1CCCN1C(=O)C(N)Cc1cnc[nH]1)C(=O)O. The highest BCUT2D eigenvalue weighted by molar-refractivity contribution is 5.94. The van der Waals surface area contributed by atoms with E-state index in [-0.39, 0.29) is 36.8 Å². The van der Waals surface area contributed by atoms with Gasteiger partial charge in [0.25, 0.3) is 0 Å². The van der Waals surface area contributed by atoms with Crippen LogP contribution in [-0.2, 0) is 32.0 Å². The molecule has 38 heavy (non-hydrogen) atoms. The lowest BCUT2D eigenvalue weighted by Gasteiger charge is -2.29. The minimum atomic E-state index is -1.17. The number of nitrogens with zero attached hydrogens (tertiary/aromatic N) is 2. The van der Waals surface area contributed by atoms with E-state index in [0.29, 0.717) is 30.6 Å². The minimum Gasteiger partial charge on any atom is -0.508 e. The summed E-state index contributed by atoms with van der Waals surface area (Å²) < 4.78 is 0. The molecule has 2 heterocycles. The van der Waals surface area contributed by atoms with Crippen molar-refractivity contribution in [2.75, 3.05) is 6.54 Å². The number of phenolic OH excluding ortho intramolecular Hbond substituents is 1. The fourth-order valence-electron chi connectivity index (χ4n) is 4.55. The molecule has 1 aromatic carbocycles. The summed E-state index contributed by atoms with van der Waals surface area (Å²) in [5.74, 6) is -2.63. The molecule has 0 aliphatic carbocycles. The highest BCUT2D eigenvalue weighted by Crippen LogP contribution is 2.20. The number of hydrogen-bond donors (Lipinski definition) is 6. The fourth-order valence-corrected chi connectivity index (χ4v) is 4.55. The Morgan fingerprint density at radius 3 is 2.45 bits per heavy atom. The molecule has 1 aliphatic rings. The number of nitrogens with two attached hydrogens (primary N) is 1. The molecule has 0 saturated carbocycles. The number of carboxylic acids is 1. The molecule has 3 amide bonds. The smallest absolute Gasteiger partial charge is 0.326 e. The third-order valence-electron chi connectivity index (χ3n) is 6.48. The lowest BCUT2D eigenvalue weighted by atomic mass is 10.0. The maximum Gasteiger partial charge on any atom is 0.326 e. The number of aromatic nitrogens is 2. The van der Waals surface area contributed by atoms with Crippen LogP contribution in [-0.4, -0.2) is 79.5 Å². The predicted octanol–water partition coefficient (Wildman–Crippen LogP) is 0.319. The summed E-state index contributed by atoms with van der Waals surface area (Å²) in [4.78, 5) is 59.6. The van der Waals surface area contributed by atoms with Crippen LogP contribution < -0.4 is 16.4 Å². The number of hydrogen-bond acceptors (Lipinski definition) is 7. The van der Waals surface area contributed by atoms with Crippen LogP contribution in [0.25, 0.3) is 0 Å². The second kappa shape index (κ2) is 13.0. The van der Waals surface area contributed by atoms with Crippen molar-refractivity contribution in [2.24, 2.45) is 11.7 Å². The topological polar surface area (TPSA) is 191 Å². The van der Waals surface area contributed by atoms with E-state index in [1.165, 1.54) is 23.4 Å². The van der Waals surface area contributed by atoms with Gasteiger partial charge in [-0.3, -0.25) is 14.4 Å². The maximum atomic E-state index is 13.4. The van der Waals surface area contributed by atoms with Gasteiger partial charge < -0.3 is 36.5 Å². The third kappa shape index (κ3) is 7.78. The zero-order valence-electron chi connectivity index (χ0n) is 21.6. The number of aliphatic carboxylic acids is 1. The Labute approximate surface area is 221 Å². The number of amides is 3. The van der Waals surface area contributed by atoms with Crippen LogP contribution >= 0.6 is 0 Å². The Kier molecular flexibility index (Phi) is 9.83. The number of aromatic amines is 1. The molecule has 0 bridgehead atoms. The first-order valence-electron chi connectivity index (χ1n) is 12.7. The van der Waals surface area contributed by atoms with Crippen molar-refractivity contribution in [3.05, 3.63) is 48.0 Å². The van der Waals surface area contributed by atoms with Crippen molar-refractivity contribution in [1.29, 1.82) is 0 Å². The second-order valence-electron chi connectivity index (χ2n) is 10.0. The Bertz CT molecular complexity index is 1100. The summed E-state index contributed by atoms with van der Waals surface area (Å²) in [7, 11) is 0. The first-order chi connectivity index (χ1) is 18.0. The summed E-state index contributed by atoms with van der Waals surface area (Å²) in [5, 5.41) is 24.4. The molecular weight excluding hydrogens is 492 g/mol. The molecule has 3 rings (SSSR count). The number of aromatic hydroxyl groups is 1. The predicted molar refractivity (Wildman–Crippen MR) is 138 cm³/mol. The van der Waals surface area contributed by atoms with Crippen LogP contribution in [0, 0.1) is 5.92 Å². The third-order valence-corrected chi connectivity index (χ3v) is 6.48. The number of nitrogens with one attached hydrogen (secondary N) is 3. The van der Waals surface area contributed by atoms with Crippen molar-refractivity contribution in [3.63, 3.8) is 0 Å². The highest BCUT2D eigenvalue weighted by Gasteiger charge is 2.38. The van der Waals surface area contributed by atoms with Crippen molar-refractivity contribution < 1.29 is 29.4 Å². The van der Waals surface area contributed by atoms with Gasteiger partial charge in [-0.15, -0.1) is 0 Å². The van der Waals surface area contributed by atoms with Gasteiger partial charge in [0.2, 0.25) is 17.7 Å². The van der Waals surface area contributed by atoms with E-state index in [2.05, 4.69) is 20.6 Å². The first-order valence-corrected chi connectivity index (χ1v) is 12.7. The van der Waals surface area contributed by atoms with E-state index in [1.54, 1.807) is 18.3 Å². The molecule has 7 N–H and O–H groups in total. The summed E-state index contributed by atoms with van der Waals surface area (Å²) in [6, 6.07) is 2.26. The van der Waals surface area contributed by atoms with Crippen LogP contribution in [0.5, 0.6) is 5.75 Å². The highest BCUT2D eigenvalue weighted by atomic mass is 16.4. The number of phenols is 1. The molecule has 1 aliphatic heterocycles. The number of likely N-dealkylation sites (tertiary alicyclic amines) is 1. The van der Waals surface area contributed by atoms with Crippen LogP contribution in [0.15, 0.2) is 36.8 Å². The fraction of sp³-hybridized carbons (Fsp3) is 0.500. The minimum absolute atomic E-state index is 0.0190. The largest absolute Gasteiger partial charge is 0.508 e. The van der Waals surface area contributed by atoms with Gasteiger partial charge in [0.05, 0.1) is 12.4 Å². The van der Waals surface area contributed by atoms with E-state index in [1.807, 2.05) is 13.8 Å². The van der Waals surface area contributed by atoms with Gasteiger partial charge >= 0.3 is 5.97 Å². The summed E-state index contributed by atoms with van der Waals surface area (Å²) in [6.07, 6.45) is 4.61. The van der Waals surface area contributed by atoms with Crippen LogP contribution in [0.4, 0.5) is 0 Å². The van der Waals surface area contributed by atoms with Crippen molar-refractivity contribution in [2.45, 2.75) is 70.1 Å². The molecule has 0 radical (unpaired) electrons. The Morgan fingerprint density at radius 2 is 1.84 bits per heavy atom. The molecule has 206 valence electrons. The Hall–Kier alpha value is -3.93. The number of rotatable bonds is 12. The van der Waals surface area contributed by atoms with Gasteiger partial charge in [0, 0.05) is 31.3 Å². The molecule has 2 aromatic rings. The quantitative estimate of drug-likeness (QED) is 0.227. The lowest BCUT2D eigenvalue weighted by Crippen LogP contribution is -2.57. The van der Waals surface area contributed by atoms with Crippen molar-refractivity contribution in [3.8, 4) is 5.75 Å². The van der Waals surface area contributed by atoms with Crippen molar-refractivity contribution in [1.82, 2.24) is 25.5 Å². The van der Waals surface area contributed by atoms with E-state index < -0.39 is 42.0 Å². The molecule has 4 atom stereocenters. The number of H-pyrrole nitrogens is 1. The van der Waals surface area contributed by atoms with Gasteiger partial charge in [0.1, 0.15) is 23.9 Å². The average Bonchev–Trinajstić information content (AvgIpc) is 3.56. The van der Waals surface area contributed by atoms with E-state index in [4.69, 9.17) is 5.73 Å². The van der Waals surface area contributed by atoms with E-state index in [0.717, 1.165) is 0 Å². The van der Waals surface area contributed by atoms with Crippen LogP contribution in [0.1, 0.15) is 44.4 Å². The van der Waals surface area contributed by atoms with Crippen molar-refractivity contribution >= 4 is 23.7 Å². The standard InChI is InChI=1S/C26H36N6O6/c1-15(2)10-21(26(37)38)31-23(34)20(11-16-5-7-18(33)8-6-16)30-24(35)22-4-3-9-32(22)25(36)19(27)12-17-13-28-14-29-17/h5-8,13-15,19-22,33H,3-4,9-12,27H2,1-2H3,(H,28,29)(H,30,35)(H,31,34)(H,37,38). The molecule has 12 nitrogen and oxygen atoms in total. The summed E-state index contributed by atoms with van der Waals surface area (Å²) >= 11 is 0. The van der Waals surface area contributed by atoms with E-state index >= 15 is 0 Å². The van der Waals surface area contributed by atoms with Gasteiger partial charge in [-0.2, -0.15) is 0 Å². The Morgan fingerprint density at radius 1 is 1.13 bits per heavy atom. The van der Waals surface area contributed by atoms with Gasteiger partial charge in [-0.25, -0.2) is 9.78 Å². The zero-order chi connectivity index (χ0) is 27.8. The van der Waals surface area contributed by atoms with Gasteiger partial charge in [-0.1, -0.05) is 26.0 Å². The first kappa shape index (κ1) is 28.6. The summed E-state index contributed by atoms with van der Waals surface area (Å²) in [6.45, 7) is 4.05. The van der Waals surface area contributed by atoms with Gasteiger partial charge in [0.15, 0.2) is 0 Å². The summed E-state index contributed by atoms with van der Waals surface area (Å²) in [5.41, 5.74) is 7.48. The monoisotopic (exact) mass is 528 g/mol. The Balaban J connectivity index is 1.74. The molecule has 12 heteroatoms. The molecule has 0 spiro atoms. The molecule has 1 saturated heterocycles. The molecule has 1 aromatic heterocycles. The number of benzene rings is 1. The van der Waals surface area contributed by atoms with Crippen LogP contribution in [0.3, 0.4) is 0 Å². The molecule has 1 fully saturated rings.